The Balaban J connectivity index is 1.57. The molecule has 2 aromatic rings. The molecule has 150 valence electrons. The van der Waals surface area contributed by atoms with Gasteiger partial charge in [0.15, 0.2) is 0 Å². The van der Waals surface area contributed by atoms with E-state index in [0.717, 1.165) is 38.4 Å². The second-order valence-corrected chi connectivity index (χ2v) is 7.36. The van der Waals surface area contributed by atoms with Crippen LogP contribution in [0.5, 0.6) is 11.8 Å². The summed E-state index contributed by atoms with van der Waals surface area (Å²) in [4.78, 5) is 13.6. The number of halogens is 1. The van der Waals surface area contributed by atoms with E-state index in [4.69, 9.17) is 4.74 Å². The number of nitrogens with one attached hydrogen (secondary N) is 3. The molecule has 0 spiro atoms. The maximum atomic E-state index is 13.2. The minimum atomic E-state index is -0.310. The van der Waals surface area contributed by atoms with E-state index in [0.29, 0.717) is 17.6 Å². The molecular weight excluding hydrogens is 361 g/mol. The Bertz CT molecular complexity index is 795. The number of hydrazine groups is 1. The maximum Gasteiger partial charge on any atom is 0.325 e. The van der Waals surface area contributed by atoms with Crippen LogP contribution in [-0.4, -0.2) is 60.3 Å². The lowest BCUT2D eigenvalue weighted by atomic mass is 10.2. The van der Waals surface area contributed by atoms with Gasteiger partial charge in [0.25, 0.3) is 0 Å². The molecule has 3 heterocycles. The monoisotopic (exact) mass is 387 g/mol. The first kappa shape index (κ1) is 18.9. The first-order valence-electron chi connectivity index (χ1n) is 9.59. The summed E-state index contributed by atoms with van der Waals surface area (Å²) in [5, 5.41) is 3.39. The third-order valence-corrected chi connectivity index (χ3v) is 4.96. The zero-order chi connectivity index (χ0) is 19.5. The van der Waals surface area contributed by atoms with Crippen LogP contribution in [0.1, 0.15) is 13.3 Å². The summed E-state index contributed by atoms with van der Waals surface area (Å²) in [6.45, 7) is 5.86. The van der Waals surface area contributed by atoms with Crippen LogP contribution in [0.2, 0.25) is 0 Å². The molecule has 9 heteroatoms. The molecule has 2 aliphatic rings. The van der Waals surface area contributed by atoms with E-state index in [-0.39, 0.29) is 18.0 Å². The molecule has 2 unspecified atom stereocenters. The van der Waals surface area contributed by atoms with Crippen LogP contribution in [0, 0.1) is 5.82 Å². The molecule has 0 aliphatic carbocycles. The fourth-order valence-electron chi connectivity index (χ4n) is 3.33. The number of rotatable bonds is 5. The van der Waals surface area contributed by atoms with Crippen molar-refractivity contribution >= 4 is 11.6 Å². The smallest absolute Gasteiger partial charge is 0.325 e. The van der Waals surface area contributed by atoms with Crippen molar-refractivity contribution in [2.45, 2.75) is 25.6 Å². The highest BCUT2D eigenvalue weighted by molar-refractivity contribution is 5.51. The number of aromatic nitrogens is 2. The van der Waals surface area contributed by atoms with E-state index in [1.165, 1.54) is 12.1 Å². The van der Waals surface area contributed by atoms with Gasteiger partial charge in [-0.2, -0.15) is 9.97 Å². The Morgan fingerprint density at radius 2 is 1.86 bits per heavy atom. The lowest BCUT2D eigenvalue weighted by Crippen LogP contribution is -2.45. The van der Waals surface area contributed by atoms with Crippen molar-refractivity contribution in [1.29, 1.82) is 0 Å². The van der Waals surface area contributed by atoms with Crippen LogP contribution in [-0.2, 0) is 0 Å². The number of likely N-dealkylation sites (N-methyl/N-ethyl adjacent to an activating group) is 1. The largest absolute Gasteiger partial charge is 0.424 e. The number of piperazine rings is 1. The molecule has 2 aliphatic heterocycles. The Morgan fingerprint density at radius 1 is 1.11 bits per heavy atom. The topological polar surface area (TPSA) is 77.6 Å². The van der Waals surface area contributed by atoms with Gasteiger partial charge in [-0.3, -0.25) is 5.43 Å². The number of nitrogens with zero attached hydrogens (tertiary/aromatic N) is 4. The fraction of sp³-hybridized carbons (Fsp3) is 0.474. The van der Waals surface area contributed by atoms with Gasteiger partial charge in [-0.25, -0.2) is 9.82 Å². The van der Waals surface area contributed by atoms with Crippen LogP contribution >= 0.6 is 0 Å². The van der Waals surface area contributed by atoms with Gasteiger partial charge in [0.05, 0.1) is 6.17 Å². The highest BCUT2D eigenvalue weighted by atomic mass is 19.1. The van der Waals surface area contributed by atoms with E-state index in [1.54, 1.807) is 12.1 Å². The van der Waals surface area contributed by atoms with Crippen molar-refractivity contribution in [3.8, 4) is 11.8 Å². The van der Waals surface area contributed by atoms with Gasteiger partial charge in [-0.05, 0) is 44.7 Å². The molecule has 0 bridgehead atoms. The van der Waals surface area contributed by atoms with E-state index in [2.05, 4.69) is 49.9 Å². The molecule has 1 aromatic carbocycles. The van der Waals surface area contributed by atoms with Gasteiger partial charge in [0.2, 0.25) is 0 Å². The number of benzene rings is 1. The van der Waals surface area contributed by atoms with Crippen molar-refractivity contribution < 1.29 is 9.13 Å². The summed E-state index contributed by atoms with van der Waals surface area (Å²) >= 11 is 0. The van der Waals surface area contributed by atoms with Gasteiger partial charge in [-0.15, -0.1) is 0 Å². The summed E-state index contributed by atoms with van der Waals surface area (Å²) in [7, 11) is 2.12. The zero-order valence-electron chi connectivity index (χ0n) is 16.2. The first-order valence-corrected chi connectivity index (χ1v) is 9.59. The molecule has 0 saturated carbocycles. The third kappa shape index (κ3) is 4.67. The van der Waals surface area contributed by atoms with Crippen molar-refractivity contribution in [1.82, 2.24) is 25.7 Å². The number of hydrogen-bond acceptors (Lipinski definition) is 8. The zero-order valence-corrected chi connectivity index (χ0v) is 16.2. The molecule has 0 radical (unpaired) electrons. The summed E-state index contributed by atoms with van der Waals surface area (Å²) < 4.78 is 19.0. The van der Waals surface area contributed by atoms with Crippen LogP contribution < -0.4 is 25.8 Å². The molecule has 2 saturated heterocycles. The fourth-order valence-corrected chi connectivity index (χ4v) is 3.33. The highest BCUT2D eigenvalue weighted by Crippen LogP contribution is 2.25. The van der Waals surface area contributed by atoms with Crippen molar-refractivity contribution in [2.75, 3.05) is 43.4 Å². The predicted octanol–water partition coefficient (Wildman–Crippen LogP) is 1.78. The van der Waals surface area contributed by atoms with Crippen molar-refractivity contribution in [3.05, 3.63) is 36.1 Å². The molecule has 28 heavy (non-hydrogen) atoms. The van der Waals surface area contributed by atoms with Gasteiger partial charge in [0.1, 0.15) is 23.2 Å². The maximum absolute atomic E-state index is 13.2. The van der Waals surface area contributed by atoms with Crippen LogP contribution in [0.25, 0.3) is 0 Å². The van der Waals surface area contributed by atoms with Gasteiger partial charge in [0, 0.05) is 38.3 Å². The third-order valence-electron chi connectivity index (χ3n) is 4.96. The van der Waals surface area contributed by atoms with Crippen LogP contribution in [0.3, 0.4) is 0 Å². The summed E-state index contributed by atoms with van der Waals surface area (Å²) in [6.07, 6.45) is 1.01. The molecule has 1 aromatic heterocycles. The van der Waals surface area contributed by atoms with Gasteiger partial charge in [-0.1, -0.05) is 0 Å². The van der Waals surface area contributed by atoms with Gasteiger partial charge < -0.3 is 19.9 Å². The second-order valence-electron chi connectivity index (χ2n) is 7.36. The molecule has 2 atom stereocenters. The molecule has 0 amide bonds. The van der Waals surface area contributed by atoms with Crippen LogP contribution in [0.4, 0.5) is 16.0 Å². The molecule has 2 fully saturated rings. The number of ether oxygens (including phenoxy) is 1. The average Bonchev–Trinajstić information content (AvgIpc) is 3.09. The quantitative estimate of drug-likeness (QED) is 0.717. The normalized spacial score (nSPS) is 23.0. The van der Waals surface area contributed by atoms with E-state index in [1.807, 2.05) is 6.07 Å². The summed E-state index contributed by atoms with van der Waals surface area (Å²) in [5.41, 5.74) is 6.40. The van der Waals surface area contributed by atoms with E-state index in [9.17, 15) is 4.39 Å². The SMILES string of the molecule is CC1CC(Nc2cc(N3CCN(C)CC3)nc(Oc3ccc(F)cc3)n2)NN1. The van der Waals surface area contributed by atoms with E-state index < -0.39 is 0 Å². The average molecular weight is 387 g/mol. The minimum Gasteiger partial charge on any atom is -0.424 e. The predicted molar refractivity (Wildman–Crippen MR) is 106 cm³/mol. The Labute approximate surface area is 164 Å². The first-order chi connectivity index (χ1) is 13.5. The summed E-state index contributed by atoms with van der Waals surface area (Å²) in [6, 6.07) is 8.42. The van der Waals surface area contributed by atoms with Crippen molar-refractivity contribution in [2.24, 2.45) is 0 Å². The Kier molecular flexibility index (Phi) is 5.56. The standard InChI is InChI=1S/C19H26FN7O/c1-13-11-17(25-24-13)21-16-12-18(27-9-7-26(2)8-10-27)23-19(22-16)28-15-5-3-14(20)4-6-15/h3-6,12-13,17,24-25H,7-11H2,1-2H3,(H,21,22,23). The van der Waals surface area contributed by atoms with Crippen LogP contribution in [0.15, 0.2) is 30.3 Å². The highest BCUT2D eigenvalue weighted by Gasteiger charge is 2.22. The number of hydrogen-bond donors (Lipinski definition) is 3. The second kappa shape index (κ2) is 8.26. The summed E-state index contributed by atoms with van der Waals surface area (Å²) in [5.74, 6) is 1.70. The Morgan fingerprint density at radius 3 is 2.54 bits per heavy atom. The molecule has 8 nitrogen and oxygen atoms in total. The number of anilines is 2. The van der Waals surface area contributed by atoms with Crippen molar-refractivity contribution in [3.63, 3.8) is 0 Å². The Hall–Kier alpha value is -2.49. The van der Waals surface area contributed by atoms with Gasteiger partial charge >= 0.3 is 6.01 Å². The van der Waals surface area contributed by atoms with E-state index >= 15 is 0 Å². The molecule has 4 rings (SSSR count). The lowest BCUT2D eigenvalue weighted by Gasteiger charge is -2.33. The minimum absolute atomic E-state index is 0.0731. The molecular formula is C19H26FN7O. The lowest BCUT2D eigenvalue weighted by molar-refractivity contribution is 0.311. The molecule has 3 N–H and O–H groups in total.